The van der Waals surface area contributed by atoms with Crippen LogP contribution >= 0.6 is 0 Å². The monoisotopic (exact) mass is 510 g/mol. The number of carbonyl (C=O) groups is 1. The number of aromatic hydroxyl groups is 4. The van der Waals surface area contributed by atoms with Crippen LogP contribution in [0.25, 0.3) is 22.3 Å². The summed E-state index contributed by atoms with van der Waals surface area (Å²) in [6.07, 6.45) is 0.264. The van der Waals surface area contributed by atoms with Gasteiger partial charge in [0, 0.05) is 11.6 Å². The molecule has 0 saturated heterocycles. The van der Waals surface area contributed by atoms with Gasteiger partial charge in [-0.3, -0.25) is 9.59 Å². The van der Waals surface area contributed by atoms with Crippen molar-refractivity contribution in [2.24, 2.45) is 0 Å². The molecule has 38 heavy (non-hydrogen) atoms. The van der Waals surface area contributed by atoms with Crippen LogP contribution in [0.2, 0.25) is 0 Å². The van der Waals surface area contributed by atoms with Crippen LogP contribution in [-0.2, 0) is 0 Å². The summed E-state index contributed by atoms with van der Waals surface area (Å²) in [4.78, 5) is 24.1. The van der Waals surface area contributed by atoms with Crippen molar-refractivity contribution in [2.45, 2.75) is 12.5 Å². The number of fused-ring (bicyclic) bond motifs is 2. The van der Waals surface area contributed by atoms with Gasteiger partial charge in [0.1, 0.15) is 23.2 Å². The smallest absolute Gasteiger partial charge is 0.235 e. The Bertz CT molecular complexity index is 1710. The Balaban J connectivity index is 0.000000158. The van der Waals surface area contributed by atoms with Crippen molar-refractivity contribution in [1.29, 1.82) is 0 Å². The van der Waals surface area contributed by atoms with Crippen LogP contribution in [0.3, 0.4) is 0 Å². The molecular formula is C30H22O8. The minimum Gasteiger partial charge on any atom is -0.508 e. The first-order valence-corrected chi connectivity index (χ1v) is 11.7. The van der Waals surface area contributed by atoms with Gasteiger partial charge in [0.05, 0.1) is 17.4 Å². The predicted molar refractivity (Wildman–Crippen MR) is 140 cm³/mol. The summed E-state index contributed by atoms with van der Waals surface area (Å²) in [6, 6.07) is 24.9. The molecule has 1 unspecified atom stereocenters. The van der Waals surface area contributed by atoms with Gasteiger partial charge in [-0.05, 0) is 48.0 Å². The third-order valence-electron chi connectivity index (χ3n) is 6.09. The lowest BCUT2D eigenvalue weighted by molar-refractivity contribution is 0.0850. The van der Waals surface area contributed by atoms with Gasteiger partial charge in [-0.15, -0.1) is 0 Å². The van der Waals surface area contributed by atoms with Crippen LogP contribution in [0, 0.1) is 0 Å². The number of hydrogen-bond acceptors (Lipinski definition) is 8. The molecule has 0 fully saturated rings. The first kappa shape index (κ1) is 24.5. The van der Waals surface area contributed by atoms with Crippen molar-refractivity contribution < 1.29 is 34.4 Å². The molecule has 0 bridgehead atoms. The summed E-state index contributed by atoms with van der Waals surface area (Å²) < 4.78 is 11.3. The fourth-order valence-corrected chi connectivity index (χ4v) is 4.16. The van der Waals surface area contributed by atoms with Gasteiger partial charge in [0.15, 0.2) is 23.0 Å². The molecule has 190 valence electrons. The maximum absolute atomic E-state index is 12.1. The largest absolute Gasteiger partial charge is 0.508 e. The first-order valence-electron chi connectivity index (χ1n) is 11.7. The Morgan fingerprint density at radius 1 is 0.737 bits per heavy atom. The molecule has 1 aliphatic rings. The highest BCUT2D eigenvalue weighted by atomic mass is 16.5. The number of para-hydroxylation sites is 1. The van der Waals surface area contributed by atoms with Crippen molar-refractivity contribution in [3.63, 3.8) is 0 Å². The fraction of sp³-hybridized carbons (Fsp3) is 0.0667. The molecule has 1 aliphatic heterocycles. The predicted octanol–water partition coefficient (Wildman–Crippen LogP) is 5.68. The highest BCUT2D eigenvalue weighted by molar-refractivity contribution is 6.00. The van der Waals surface area contributed by atoms with E-state index in [4.69, 9.17) is 9.15 Å². The Morgan fingerprint density at radius 3 is 2.24 bits per heavy atom. The van der Waals surface area contributed by atoms with Crippen LogP contribution in [-0.4, -0.2) is 26.2 Å². The molecule has 5 aromatic rings. The minimum absolute atomic E-state index is 0.0872. The van der Waals surface area contributed by atoms with Crippen LogP contribution < -0.4 is 10.2 Å². The van der Waals surface area contributed by atoms with E-state index >= 15 is 0 Å². The lowest BCUT2D eigenvalue weighted by Gasteiger charge is -2.25. The number of phenolic OH excluding ortho intramolecular Hbond substituents is 3. The lowest BCUT2D eigenvalue weighted by atomic mass is 9.96. The van der Waals surface area contributed by atoms with Gasteiger partial charge in [-0.25, -0.2) is 0 Å². The Morgan fingerprint density at radius 2 is 1.47 bits per heavy atom. The first-order chi connectivity index (χ1) is 18.3. The van der Waals surface area contributed by atoms with Crippen molar-refractivity contribution in [1.82, 2.24) is 0 Å². The summed E-state index contributed by atoms with van der Waals surface area (Å²) >= 11 is 0. The van der Waals surface area contributed by atoms with Crippen LogP contribution in [0.5, 0.6) is 28.7 Å². The molecule has 8 heteroatoms. The van der Waals surface area contributed by atoms with Gasteiger partial charge in [0.25, 0.3) is 0 Å². The van der Waals surface area contributed by atoms with Gasteiger partial charge >= 0.3 is 0 Å². The quantitative estimate of drug-likeness (QED) is 0.223. The summed E-state index contributed by atoms with van der Waals surface area (Å²) in [5.41, 5.74) is 1.40. The van der Waals surface area contributed by atoms with E-state index in [0.29, 0.717) is 17.7 Å². The SMILES string of the molecule is O=C1CC(c2ccccc2)Oc2ccccc21.O=c1c(O)c(-c2ccc(O)c(O)c2)oc2cc(O)ccc12. The Hall–Kier alpha value is -5.24. The molecule has 0 amide bonds. The van der Waals surface area contributed by atoms with E-state index in [-0.39, 0.29) is 45.7 Å². The number of benzene rings is 4. The van der Waals surface area contributed by atoms with E-state index in [1.165, 1.54) is 30.3 Å². The molecule has 1 atom stereocenters. The zero-order valence-corrected chi connectivity index (χ0v) is 19.9. The minimum atomic E-state index is -0.654. The molecule has 6 rings (SSSR count). The summed E-state index contributed by atoms with van der Waals surface area (Å²) in [5.74, 6) is -0.759. The van der Waals surface area contributed by atoms with E-state index in [1.807, 2.05) is 54.6 Å². The van der Waals surface area contributed by atoms with Crippen molar-refractivity contribution in [3.8, 4) is 40.1 Å². The topological polar surface area (TPSA) is 137 Å². The molecule has 4 aromatic carbocycles. The molecule has 0 radical (unpaired) electrons. The molecule has 0 aliphatic carbocycles. The third-order valence-corrected chi connectivity index (χ3v) is 6.09. The van der Waals surface area contributed by atoms with Gasteiger partial charge in [-0.2, -0.15) is 0 Å². The average Bonchev–Trinajstić information content (AvgIpc) is 2.93. The molecule has 0 spiro atoms. The van der Waals surface area contributed by atoms with Gasteiger partial charge in [-0.1, -0.05) is 42.5 Å². The Kier molecular flexibility index (Phi) is 6.45. The van der Waals surface area contributed by atoms with Crippen LogP contribution in [0.1, 0.15) is 28.4 Å². The second-order valence-electron chi connectivity index (χ2n) is 8.63. The standard InChI is InChI=1S/C15H10O6.C15H12O2/c16-8-2-3-9-12(6-8)21-15(14(20)13(9)19)7-1-4-10(17)11(18)5-7;16-13-10-15(11-6-2-1-3-7-11)17-14-9-5-4-8-12(13)14/h1-6,16-18,20H;1-9,15H,10H2. The molecule has 0 saturated carbocycles. The molecule has 8 nitrogen and oxygen atoms in total. The summed E-state index contributed by atoms with van der Waals surface area (Å²) in [5, 5.41) is 38.3. The van der Waals surface area contributed by atoms with E-state index in [1.54, 1.807) is 0 Å². The number of ketones is 1. The Labute approximate surface area is 216 Å². The maximum atomic E-state index is 12.1. The van der Waals surface area contributed by atoms with Crippen molar-refractivity contribution >= 4 is 16.8 Å². The molecular weight excluding hydrogens is 488 g/mol. The van der Waals surface area contributed by atoms with Crippen molar-refractivity contribution in [2.75, 3.05) is 0 Å². The molecule has 1 aromatic heterocycles. The zero-order valence-electron chi connectivity index (χ0n) is 19.9. The number of hydrogen-bond donors (Lipinski definition) is 4. The van der Waals surface area contributed by atoms with Crippen LogP contribution in [0.4, 0.5) is 0 Å². The summed E-state index contributed by atoms with van der Waals surface area (Å²) in [6.45, 7) is 0. The number of rotatable bonds is 2. The fourth-order valence-electron chi connectivity index (χ4n) is 4.16. The van der Waals surface area contributed by atoms with E-state index in [2.05, 4.69) is 0 Å². The van der Waals surface area contributed by atoms with Crippen molar-refractivity contribution in [3.05, 3.63) is 112 Å². The second-order valence-corrected chi connectivity index (χ2v) is 8.63. The van der Waals surface area contributed by atoms with E-state index < -0.39 is 16.9 Å². The van der Waals surface area contributed by atoms with E-state index in [0.717, 1.165) is 11.6 Å². The van der Waals surface area contributed by atoms with Gasteiger partial charge in [0.2, 0.25) is 11.2 Å². The number of phenols is 3. The normalized spacial score (nSPS) is 14.2. The lowest BCUT2D eigenvalue weighted by Crippen LogP contribution is -2.20. The van der Waals surface area contributed by atoms with Gasteiger partial charge < -0.3 is 29.6 Å². The van der Waals surface area contributed by atoms with E-state index in [9.17, 15) is 30.0 Å². The molecule has 4 N–H and O–H groups in total. The number of carbonyl (C=O) groups excluding carboxylic acids is 1. The third kappa shape index (κ3) is 4.75. The number of ether oxygens (including phenoxy) is 1. The van der Waals surface area contributed by atoms with Crippen LogP contribution in [0.15, 0.2) is 100 Å². The highest BCUT2D eigenvalue weighted by Crippen LogP contribution is 2.36. The highest BCUT2D eigenvalue weighted by Gasteiger charge is 2.26. The molecule has 2 heterocycles. The maximum Gasteiger partial charge on any atom is 0.235 e. The second kappa shape index (κ2) is 10.0. The summed E-state index contributed by atoms with van der Waals surface area (Å²) in [7, 11) is 0. The zero-order chi connectivity index (χ0) is 26.8. The average molecular weight is 510 g/mol. The number of Topliss-reactive ketones (excluding diaryl/α,β-unsaturated/α-hetero) is 1.